The van der Waals surface area contributed by atoms with E-state index in [1.165, 1.54) is 19.3 Å². The van der Waals surface area contributed by atoms with Gasteiger partial charge in [0.1, 0.15) is 5.60 Å². The summed E-state index contributed by atoms with van der Waals surface area (Å²) in [6, 6.07) is 10.3. The second-order valence-electron chi connectivity index (χ2n) is 8.79. The minimum Gasteiger partial charge on any atom is -0.456 e. The van der Waals surface area contributed by atoms with Crippen molar-refractivity contribution in [2.45, 2.75) is 64.0 Å². The molecule has 5 nitrogen and oxygen atoms in total. The molecule has 0 spiro atoms. The molecular weight excluding hydrogens is 398 g/mol. The molecule has 1 N–H and O–H groups in total. The molecule has 6 heteroatoms. The number of hydrogen-bond donors (Lipinski definition) is 1. The fourth-order valence-corrected chi connectivity index (χ4v) is 4.82. The number of carbonyl (C=O) groups is 1. The first-order valence-electron chi connectivity index (χ1n) is 10.9. The molecule has 1 saturated carbocycles. The van der Waals surface area contributed by atoms with Crippen LogP contribution in [0.5, 0.6) is 0 Å². The highest BCUT2D eigenvalue weighted by atomic mass is 35.5. The van der Waals surface area contributed by atoms with E-state index in [1.54, 1.807) is 0 Å². The largest absolute Gasteiger partial charge is 0.456 e. The van der Waals surface area contributed by atoms with Crippen LogP contribution in [0.25, 0.3) is 0 Å². The Balaban J connectivity index is 1.74. The molecule has 1 aliphatic carbocycles. The quantitative estimate of drug-likeness (QED) is 0.545. The smallest absolute Gasteiger partial charge is 0.293 e. The maximum absolute atomic E-state index is 11.1. The van der Waals surface area contributed by atoms with Crippen LogP contribution in [-0.2, 0) is 15.1 Å². The number of aromatic nitrogens is 1. The van der Waals surface area contributed by atoms with Gasteiger partial charge in [0.25, 0.3) is 6.47 Å². The van der Waals surface area contributed by atoms with Gasteiger partial charge in [0.05, 0.1) is 5.69 Å². The molecule has 1 atom stereocenters. The van der Waals surface area contributed by atoms with Gasteiger partial charge in [0.15, 0.2) is 5.82 Å². The molecule has 1 unspecified atom stereocenters. The van der Waals surface area contributed by atoms with Gasteiger partial charge >= 0.3 is 0 Å². The number of pyridine rings is 1. The van der Waals surface area contributed by atoms with E-state index in [-0.39, 0.29) is 0 Å². The fourth-order valence-electron chi connectivity index (χ4n) is 4.69. The van der Waals surface area contributed by atoms with Gasteiger partial charge in [-0.3, -0.25) is 4.79 Å². The van der Waals surface area contributed by atoms with Crippen LogP contribution in [0.2, 0.25) is 5.02 Å². The third-order valence-electron chi connectivity index (χ3n) is 6.54. The lowest BCUT2D eigenvalue weighted by atomic mass is 9.75. The van der Waals surface area contributed by atoms with E-state index in [9.17, 15) is 4.79 Å². The summed E-state index contributed by atoms with van der Waals surface area (Å²) in [5, 5.41) is 4.26. The molecule has 4 rings (SSSR count). The summed E-state index contributed by atoms with van der Waals surface area (Å²) >= 11 is 6.07. The lowest BCUT2D eigenvalue weighted by Crippen LogP contribution is -2.44. The average molecular weight is 428 g/mol. The second kappa shape index (κ2) is 8.84. The maximum Gasteiger partial charge on any atom is 0.293 e. The van der Waals surface area contributed by atoms with E-state index in [0.717, 1.165) is 48.6 Å². The Kier molecular flexibility index (Phi) is 6.19. The van der Waals surface area contributed by atoms with E-state index in [1.807, 2.05) is 30.5 Å². The van der Waals surface area contributed by atoms with Crippen molar-refractivity contribution in [1.29, 1.82) is 0 Å². The van der Waals surface area contributed by atoms with Gasteiger partial charge < -0.3 is 15.0 Å². The Morgan fingerprint density at radius 3 is 2.63 bits per heavy atom. The molecule has 1 aromatic carbocycles. The first-order chi connectivity index (χ1) is 14.5. The minimum atomic E-state index is -0.539. The van der Waals surface area contributed by atoms with E-state index in [4.69, 9.17) is 21.3 Å². The SMILES string of the molecule is CC(C)C1CCCCN1c1ncc(C2(OC=O)CCC2)cc1Nc1ccc(Cl)cc1. The number of rotatable bonds is 7. The van der Waals surface area contributed by atoms with Gasteiger partial charge in [0, 0.05) is 35.1 Å². The number of benzene rings is 1. The van der Waals surface area contributed by atoms with Crippen LogP contribution in [0, 0.1) is 5.92 Å². The molecule has 0 radical (unpaired) electrons. The highest BCUT2D eigenvalue weighted by molar-refractivity contribution is 6.30. The normalized spacial score (nSPS) is 20.5. The second-order valence-corrected chi connectivity index (χ2v) is 9.23. The third-order valence-corrected chi connectivity index (χ3v) is 6.79. The Bertz CT molecular complexity index is 881. The lowest BCUT2D eigenvalue weighted by molar-refractivity contribution is -0.155. The highest BCUT2D eigenvalue weighted by Crippen LogP contribution is 2.46. The van der Waals surface area contributed by atoms with Crippen LogP contribution in [-0.4, -0.2) is 24.0 Å². The average Bonchev–Trinajstić information content (AvgIpc) is 2.72. The van der Waals surface area contributed by atoms with Gasteiger partial charge in [0.2, 0.25) is 0 Å². The Morgan fingerprint density at radius 1 is 1.23 bits per heavy atom. The van der Waals surface area contributed by atoms with E-state index in [2.05, 4.69) is 30.1 Å². The van der Waals surface area contributed by atoms with Gasteiger partial charge in [-0.05, 0) is 74.8 Å². The van der Waals surface area contributed by atoms with Crippen molar-refractivity contribution in [1.82, 2.24) is 4.98 Å². The molecule has 2 aromatic rings. The van der Waals surface area contributed by atoms with Crippen LogP contribution in [0.15, 0.2) is 36.5 Å². The molecule has 2 aliphatic rings. The number of ether oxygens (including phenoxy) is 1. The number of halogens is 1. The van der Waals surface area contributed by atoms with Crippen LogP contribution in [0.3, 0.4) is 0 Å². The summed E-state index contributed by atoms with van der Waals surface area (Å²) in [6.45, 7) is 6.13. The first-order valence-corrected chi connectivity index (χ1v) is 11.3. The van der Waals surface area contributed by atoms with E-state index >= 15 is 0 Å². The van der Waals surface area contributed by atoms with Gasteiger partial charge in [-0.2, -0.15) is 0 Å². The van der Waals surface area contributed by atoms with Gasteiger partial charge in [-0.1, -0.05) is 25.4 Å². The molecule has 160 valence electrons. The Labute approximate surface area is 183 Å². The van der Waals surface area contributed by atoms with E-state index in [0.29, 0.717) is 23.5 Å². The summed E-state index contributed by atoms with van der Waals surface area (Å²) in [5.41, 5.74) is 2.32. The molecule has 2 fully saturated rings. The number of anilines is 3. The number of carbonyl (C=O) groups excluding carboxylic acids is 1. The molecule has 1 saturated heterocycles. The van der Waals surface area contributed by atoms with Crippen molar-refractivity contribution in [2.24, 2.45) is 5.92 Å². The standard InChI is InChI=1S/C24H30ClN3O2/c1-17(2)22-6-3-4-13-28(22)23-21(27-20-9-7-19(25)8-10-20)14-18(15-26-23)24(30-16-29)11-5-12-24/h7-10,14-17,22,27H,3-6,11-13H2,1-2H3. The number of hydrogen-bond acceptors (Lipinski definition) is 5. The predicted octanol–water partition coefficient (Wildman–Crippen LogP) is 6.05. The Morgan fingerprint density at radius 2 is 2.00 bits per heavy atom. The number of nitrogens with one attached hydrogen (secondary N) is 1. The predicted molar refractivity (Wildman–Crippen MR) is 121 cm³/mol. The van der Waals surface area contributed by atoms with Crippen LogP contribution < -0.4 is 10.2 Å². The molecule has 0 amide bonds. The first kappa shape index (κ1) is 21.0. The third kappa shape index (κ3) is 4.13. The zero-order valence-electron chi connectivity index (χ0n) is 17.7. The number of nitrogens with zero attached hydrogens (tertiary/aromatic N) is 2. The Hall–Kier alpha value is -2.27. The summed E-state index contributed by atoms with van der Waals surface area (Å²) in [7, 11) is 0. The van der Waals surface area contributed by atoms with Crippen molar-refractivity contribution >= 4 is 35.3 Å². The molecule has 30 heavy (non-hydrogen) atoms. The van der Waals surface area contributed by atoms with Crippen molar-refractivity contribution < 1.29 is 9.53 Å². The molecule has 0 bridgehead atoms. The summed E-state index contributed by atoms with van der Waals surface area (Å²) in [5.74, 6) is 1.51. The summed E-state index contributed by atoms with van der Waals surface area (Å²) in [4.78, 5) is 18.5. The van der Waals surface area contributed by atoms with E-state index < -0.39 is 5.60 Å². The van der Waals surface area contributed by atoms with Crippen LogP contribution in [0.1, 0.15) is 57.9 Å². The lowest BCUT2D eigenvalue weighted by Gasteiger charge is -2.42. The topological polar surface area (TPSA) is 54.5 Å². The van der Waals surface area contributed by atoms with Crippen LogP contribution in [0.4, 0.5) is 17.2 Å². The minimum absolute atomic E-state index is 0.465. The summed E-state index contributed by atoms with van der Waals surface area (Å²) in [6.07, 6.45) is 8.24. The maximum atomic E-state index is 11.1. The highest BCUT2D eigenvalue weighted by Gasteiger charge is 2.42. The molecular formula is C24H30ClN3O2. The van der Waals surface area contributed by atoms with Crippen molar-refractivity contribution in [3.63, 3.8) is 0 Å². The van der Waals surface area contributed by atoms with Crippen molar-refractivity contribution in [3.05, 3.63) is 47.1 Å². The zero-order valence-corrected chi connectivity index (χ0v) is 18.5. The van der Waals surface area contributed by atoms with Gasteiger partial charge in [-0.15, -0.1) is 0 Å². The molecule has 1 aliphatic heterocycles. The number of piperidine rings is 1. The molecule has 1 aromatic heterocycles. The summed E-state index contributed by atoms with van der Waals surface area (Å²) < 4.78 is 5.54. The fraction of sp³-hybridized carbons (Fsp3) is 0.500. The monoisotopic (exact) mass is 427 g/mol. The van der Waals surface area contributed by atoms with Crippen molar-refractivity contribution in [3.8, 4) is 0 Å². The van der Waals surface area contributed by atoms with Crippen LogP contribution >= 0.6 is 11.6 Å². The molecule has 2 heterocycles. The van der Waals surface area contributed by atoms with Crippen molar-refractivity contribution in [2.75, 3.05) is 16.8 Å². The zero-order chi connectivity index (χ0) is 21.1. The van der Waals surface area contributed by atoms with Gasteiger partial charge in [-0.25, -0.2) is 4.98 Å².